The van der Waals surface area contributed by atoms with E-state index in [1.807, 2.05) is 0 Å². The average molecular weight is 269 g/mol. The summed E-state index contributed by atoms with van der Waals surface area (Å²) >= 11 is 1.05. The summed E-state index contributed by atoms with van der Waals surface area (Å²) < 4.78 is 4.02. The number of rotatable bonds is 2. The number of carbonyl (C=O) groups excluding carboxylic acids is 1. The third-order valence-electron chi connectivity index (χ3n) is 3.03. The van der Waals surface area contributed by atoms with Gasteiger partial charge in [0.2, 0.25) is 0 Å². The number of aryl methyl sites for hydroxylation is 1. The molecule has 18 heavy (non-hydrogen) atoms. The fourth-order valence-electron chi connectivity index (χ4n) is 2.04. The van der Waals surface area contributed by atoms with E-state index in [2.05, 4.69) is 4.37 Å². The number of carboxylic acids is 1. The van der Waals surface area contributed by atoms with Crippen molar-refractivity contribution in [2.24, 2.45) is 0 Å². The van der Waals surface area contributed by atoms with Crippen LogP contribution in [-0.4, -0.2) is 46.5 Å². The minimum atomic E-state index is -1.04. The quantitative estimate of drug-likeness (QED) is 0.888. The zero-order valence-corrected chi connectivity index (χ0v) is 11.2. The molecule has 2 heterocycles. The van der Waals surface area contributed by atoms with E-state index in [0.29, 0.717) is 10.7 Å². The molecule has 1 N–H and O–H groups in total. The van der Waals surface area contributed by atoms with Crippen LogP contribution in [0.1, 0.15) is 28.9 Å². The number of carbonyl (C=O) groups is 2. The van der Waals surface area contributed by atoms with Gasteiger partial charge in [-0.15, -0.1) is 0 Å². The van der Waals surface area contributed by atoms with Gasteiger partial charge in [-0.3, -0.25) is 4.90 Å². The largest absolute Gasteiger partial charge is 0.478 e. The molecule has 0 radical (unpaired) electrons. The fraction of sp³-hybridized carbons (Fsp3) is 0.545. The molecule has 0 bridgehead atoms. The molecule has 0 unspecified atom stereocenters. The fourth-order valence-corrected chi connectivity index (χ4v) is 2.88. The lowest BCUT2D eigenvalue weighted by atomic mass is 10.2. The number of hydrogen-bond donors (Lipinski definition) is 1. The lowest BCUT2D eigenvalue weighted by Gasteiger charge is -2.23. The maximum Gasteiger partial charge on any atom is 0.340 e. The number of aromatic carboxylic acids is 1. The minimum absolute atomic E-state index is 0.120. The molecule has 0 spiro atoms. The standard InChI is InChI=1S/C11H15N3O3S/c1-7-8(10(15)16)9(18-12-7)13(2)11(17)14-5-3-4-6-14/h3-6H2,1-2H3,(H,15,16). The molecule has 7 heteroatoms. The molecule has 2 rings (SSSR count). The Balaban J connectivity index is 2.25. The molecule has 0 saturated carbocycles. The SMILES string of the molecule is Cc1nsc(N(C)C(=O)N2CCCC2)c1C(=O)O. The van der Waals surface area contributed by atoms with Crippen LogP contribution in [0.4, 0.5) is 9.80 Å². The molecule has 1 aromatic rings. The molecule has 1 saturated heterocycles. The van der Waals surface area contributed by atoms with Gasteiger partial charge in [0.05, 0.1) is 5.69 Å². The monoisotopic (exact) mass is 269 g/mol. The second-order valence-electron chi connectivity index (χ2n) is 4.29. The summed E-state index contributed by atoms with van der Waals surface area (Å²) in [5.74, 6) is -1.04. The number of likely N-dealkylation sites (tertiary alicyclic amines) is 1. The highest BCUT2D eigenvalue weighted by molar-refractivity contribution is 7.11. The first-order chi connectivity index (χ1) is 8.52. The third kappa shape index (κ3) is 2.17. The molecule has 1 aliphatic rings. The van der Waals surface area contributed by atoms with E-state index < -0.39 is 5.97 Å². The van der Waals surface area contributed by atoms with Gasteiger partial charge in [-0.25, -0.2) is 9.59 Å². The summed E-state index contributed by atoms with van der Waals surface area (Å²) in [5.41, 5.74) is 0.568. The molecule has 0 atom stereocenters. The molecule has 0 aromatic carbocycles. The molecule has 1 aliphatic heterocycles. The summed E-state index contributed by atoms with van der Waals surface area (Å²) in [7, 11) is 1.60. The van der Waals surface area contributed by atoms with Crippen LogP contribution in [0.15, 0.2) is 0 Å². The van der Waals surface area contributed by atoms with E-state index in [1.54, 1.807) is 18.9 Å². The number of hydrogen-bond acceptors (Lipinski definition) is 4. The van der Waals surface area contributed by atoms with E-state index in [4.69, 9.17) is 5.11 Å². The third-order valence-corrected chi connectivity index (χ3v) is 4.04. The van der Waals surface area contributed by atoms with Crippen LogP contribution in [0.25, 0.3) is 0 Å². The lowest BCUT2D eigenvalue weighted by Crippen LogP contribution is -2.39. The van der Waals surface area contributed by atoms with Crippen molar-refractivity contribution in [3.63, 3.8) is 0 Å². The predicted octanol–water partition coefficient (Wildman–Crippen LogP) is 1.80. The van der Waals surface area contributed by atoms with E-state index in [1.165, 1.54) is 4.90 Å². The minimum Gasteiger partial charge on any atom is -0.478 e. The second kappa shape index (κ2) is 4.93. The molecule has 1 fully saturated rings. The predicted molar refractivity (Wildman–Crippen MR) is 68.4 cm³/mol. The van der Waals surface area contributed by atoms with Crippen LogP contribution in [0, 0.1) is 6.92 Å². The first-order valence-corrected chi connectivity index (χ1v) is 6.52. The van der Waals surface area contributed by atoms with Gasteiger partial charge in [0.1, 0.15) is 10.6 Å². The first-order valence-electron chi connectivity index (χ1n) is 5.74. The number of carboxylic acid groups (broad SMARTS) is 1. The molecular weight excluding hydrogens is 254 g/mol. The van der Waals surface area contributed by atoms with Crippen molar-refractivity contribution in [2.75, 3.05) is 25.0 Å². The highest BCUT2D eigenvalue weighted by atomic mass is 32.1. The van der Waals surface area contributed by atoms with Crippen LogP contribution < -0.4 is 4.90 Å². The summed E-state index contributed by atoms with van der Waals surface area (Å²) in [6, 6.07) is -0.154. The van der Waals surface area contributed by atoms with Gasteiger partial charge >= 0.3 is 12.0 Å². The maximum absolute atomic E-state index is 12.2. The Labute approximate surface area is 109 Å². The molecule has 98 valence electrons. The summed E-state index contributed by atoms with van der Waals surface area (Å²) in [6.45, 7) is 3.12. The zero-order chi connectivity index (χ0) is 13.3. The average Bonchev–Trinajstić information content (AvgIpc) is 2.95. The molecular formula is C11H15N3O3S. The van der Waals surface area contributed by atoms with Gasteiger partial charge in [0, 0.05) is 20.1 Å². The van der Waals surface area contributed by atoms with Gasteiger partial charge in [0.25, 0.3) is 0 Å². The number of nitrogens with zero attached hydrogens (tertiary/aromatic N) is 3. The van der Waals surface area contributed by atoms with Gasteiger partial charge in [-0.05, 0) is 31.3 Å². The maximum atomic E-state index is 12.2. The van der Waals surface area contributed by atoms with Crippen molar-refractivity contribution in [1.82, 2.24) is 9.27 Å². The van der Waals surface area contributed by atoms with E-state index >= 15 is 0 Å². The number of anilines is 1. The topological polar surface area (TPSA) is 73.7 Å². The van der Waals surface area contributed by atoms with E-state index in [9.17, 15) is 9.59 Å². The van der Waals surface area contributed by atoms with Crippen molar-refractivity contribution < 1.29 is 14.7 Å². The normalized spacial score (nSPS) is 14.9. The van der Waals surface area contributed by atoms with Gasteiger partial charge in [-0.1, -0.05) is 0 Å². The lowest BCUT2D eigenvalue weighted by molar-refractivity contribution is 0.0697. The summed E-state index contributed by atoms with van der Waals surface area (Å²) in [5, 5.41) is 9.55. The van der Waals surface area contributed by atoms with Gasteiger partial charge < -0.3 is 10.0 Å². The van der Waals surface area contributed by atoms with Crippen molar-refractivity contribution in [1.29, 1.82) is 0 Å². The van der Waals surface area contributed by atoms with E-state index in [0.717, 1.165) is 37.5 Å². The number of aromatic nitrogens is 1. The van der Waals surface area contributed by atoms with E-state index in [-0.39, 0.29) is 11.6 Å². The van der Waals surface area contributed by atoms with Crippen LogP contribution >= 0.6 is 11.5 Å². The first kappa shape index (κ1) is 12.8. The highest BCUT2D eigenvalue weighted by Crippen LogP contribution is 2.29. The second-order valence-corrected chi connectivity index (χ2v) is 5.04. The Kier molecular flexibility index (Phi) is 3.51. The van der Waals surface area contributed by atoms with Crippen molar-refractivity contribution >= 4 is 28.5 Å². The zero-order valence-electron chi connectivity index (χ0n) is 10.3. The highest BCUT2D eigenvalue weighted by Gasteiger charge is 2.27. The molecule has 0 aliphatic carbocycles. The Morgan fingerprint density at radius 2 is 2.00 bits per heavy atom. The van der Waals surface area contributed by atoms with Gasteiger partial charge in [0.15, 0.2) is 0 Å². The Bertz CT molecular complexity index is 480. The van der Waals surface area contributed by atoms with Crippen LogP contribution in [-0.2, 0) is 0 Å². The number of urea groups is 1. The van der Waals surface area contributed by atoms with Crippen LogP contribution in [0.5, 0.6) is 0 Å². The Morgan fingerprint density at radius 1 is 1.39 bits per heavy atom. The van der Waals surface area contributed by atoms with Crippen molar-refractivity contribution in [3.8, 4) is 0 Å². The van der Waals surface area contributed by atoms with Crippen molar-refractivity contribution in [3.05, 3.63) is 11.3 Å². The summed E-state index contributed by atoms with van der Waals surface area (Å²) in [6.07, 6.45) is 2.01. The molecule has 2 amide bonds. The Morgan fingerprint density at radius 3 is 2.56 bits per heavy atom. The van der Waals surface area contributed by atoms with Crippen LogP contribution in [0.2, 0.25) is 0 Å². The summed E-state index contributed by atoms with van der Waals surface area (Å²) in [4.78, 5) is 26.5. The Hall–Kier alpha value is -1.63. The molecule has 1 aromatic heterocycles. The van der Waals surface area contributed by atoms with Crippen molar-refractivity contribution in [2.45, 2.75) is 19.8 Å². The molecule has 6 nitrogen and oxygen atoms in total. The number of amides is 2. The van der Waals surface area contributed by atoms with Gasteiger partial charge in [-0.2, -0.15) is 4.37 Å². The van der Waals surface area contributed by atoms with Crippen LogP contribution in [0.3, 0.4) is 0 Å². The smallest absolute Gasteiger partial charge is 0.340 e.